The van der Waals surface area contributed by atoms with Crippen LogP contribution in [0.15, 0.2) is 60.7 Å². The minimum atomic E-state index is -1.14. The Labute approximate surface area is 371 Å². The molecule has 20 heteroatoms. The monoisotopic (exact) mass is 902 g/mol. The average Bonchev–Trinajstić information content (AvgIpc) is 3.74. The van der Waals surface area contributed by atoms with E-state index in [0.29, 0.717) is 0 Å². The van der Waals surface area contributed by atoms with Crippen LogP contribution in [0.1, 0.15) is 38.8 Å². The Balaban J connectivity index is 1.39. The van der Waals surface area contributed by atoms with Crippen molar-refractivity contribution in [3.05, 3.63) is 71.8 Å². The molecule has 2 aliphatic rings. The number of aliphatic hydroxyl groups is 4. The molecule has 6 atom stereocenters. The van der Waals surface area contributed by atoms with Gasteiger partial charge in [-0.3, -0.25) is 39.4 Å². The summed E-state index contributed by atoms with van der Waals surface area (Å²) in [6.07, 6.45) is 0.0116. The van der Waals surface area contributed by atoms with E-state index >= 15 is 0 Å². The highest BCUT2D eigenvalue weighted by atomic mass is 32.2. The molecule has 0 saturated carbocycles. The first-order chi connectivity index (χ1) is 29.5. The second-order valence-electron chi connectivity index (χ2n) is 16.0. The summed E-state index contributed by atoms with van der Waals surface area (Å²) in [7, 11) is 0. The number of thioether (sulfide) groups is 2. The predicted octanol–water partition coefficient (Wildman–Crippen LogP) is -2.08. The Bertz CT molecular complexity index is 1670. The lowest BCUT2D eigenvalue weighted by Gasteiger charge is -2.30. The summed E-state index contributed by atoms with van der Waals surface area (Å²) >= 11 is 2.60. The van der Waals surface area contributed by atoms with Gasteiger partial charge in [0.05, 0.1) is 50.0 Å². The molecule has 4 rings (SSSR count). The number of aliphatic hydroxyl groups excluding tert-OH is 4. The standard InChI is InChI=1S/C42H62N8O10S2/c1-41(2)33(47-37(61-41)31(39(59)49(17-21-51)18-22-52)45-29(55)25-27-11-7-5-8-12-27)35(57)43-15-16-44-36(58)34-42(3,4)62-38(48-34)32(40(60)50(19-23-53)20-24-54)46-30(56)26-28-13-9-6-10-14-28/h5-14,31-34,37-38,47-48,51-54H,15-26H2,1-4H3,(H,43,57)(H,44,58)(H,45,55)(H,46,56)/t31-,32-,33-,34-,37+,38+/m0/s1. The Morgan fingerprint density at radius 3 is 1.21 bits per heavy atom. The molecule has 0 aliphatic carbocycles. The predicted molar refractivity (Wildman–Crippen MR) is 236 cm³/mol. The van der Waals surface area contributed by atoms with Crippen LogP contribution in [-0.2, 0) is 41.6 Å². The maximum absolute atomic E-state index is 13.8. The van der Waals surface area contributed by atoms with Crippen molar-refractivity contribution in [1.82, 2.24) is 41.7 Å². The van der Waals surface area contributed by atoms with Crippen molar-refractivity contribution in [3.8, 4) is 0 Å². The van der Waals surface area contributed by atoms with Crippen LogP contribution in [0.25, 0.3) is 0 Å². The van der Waals surface area contributed by atoms with Crippen LogP contribution in [-0.4, -0.2) is 176 Å². The van der Waals surface area contributed by atoms with Gasteiger partial charge in [0.25, 0.3) is 0 Å². The fourth-order valence-electron chi connectivity index (χ4n) is 7.36. The van der Waals surface area contributed by atoms with E-state index in [9.17, 15) is 49.2 Å². The third-order valence-corrected chi connectivity index (χ3v) is 13.5. The Hall–Kier alpha value is -4.28. The topological polar surface area (TPSA) is 262 Å². The molecule has 62 heavy (non-hydrogen) atoms. The fourth-order valence-corrected chi connectivity index (χ4v) is 10.3. The molecule has 10 N–H and O–H groups in total. The molecule has 2 aromatic carbocycles. The molecule has 2 saturated heterocycles. The van der Waals surface area contributed by atoms with Gasteiger partial charge in [-0.1, -0.05) is 60.7 Å². The van der Waals surface area contributed by atoms with Gasteiger partial charge in [0, 0.05) is 48.8 Å². The first kappa shape index (κ1) is 50.4. The summed E-state index contributed by atoms with van der Waals surface area (Å²) in [4.78, 5) is 84.0. The van der Waals surface area contributed by atoms with Crippen molar-refractivity contribution in [2.75, 3.05) is 65.7 Å². The molecule has 0 spiro atoms. The molecule has 342 valence electrons. The lowest BCUT2D eigenvalue weighted by Crippen LogP contribution is -2.59. The van der Waals surface area contributed by atoms with Crippen LogP contribution in [0.3, 0.4) is 0 Å². The first-order valence-electron chi connectivity index (χ1n) is 20.7. The largest absolute Gasteiger partial charge is 0.395 e. The van der Waals surface area contributed by atoms with E-state index in [4.69, 9.17) is 0 Å². The van der Waals surface area contributed by atoms with Gasteiger partial charge in [0.15, 0.2) is 0 Å². The Morgan fingerprint density at radius 1 is 0.581 bits per heavy atom. The van der Waals surface area contributed by atoms with Gasteiger partial charge in [-0.25, -0.2) is 0 Å². The SMILES string of the molecule is CC1(C)S[C@H]([C@H](NC(=O)Cc2ccccc2)C(=O)N(CCO)CCO)N[C@H]1C(=O)NCCNC(=O)[C@@H]1N[C@@H]([C@H](NC(=O)Cc2ccccc2)C(=O)N(CCO)CCO)SC1(C)C. The molecule has 2 fully saturated rings. The van der Waals surface area contributed by atoms with Gasteiger partial charge in [-0.2, -0.15) is 0 Å². The van der Waals surface area contributed by atoms with Crippen LogP contribution in [0.5, 0.6) is 0 Å². The second kappa shape index (κ2) is 24.0. The summed E-state index contributed by atoms with van der Waals surface area (Å²) in [5.74, 6) is -2.70. The molecule has 0 unspecified atom stereocenters. The van der Waals surface area contributed by atoms with Crippen LogP contribution in [0, 0.1) is 0 Å². The van der Waals surface area contributed by atoms with E-state index in [2.05, 4.69) is 31.9 Å². The molecule has 2 heterocycles. The molecule has 0 aromatic heterocycles. The molecular weight excluding hydrogens is 841 g/mol. The molecular formula is C42H62N8O10S2. The molecule has 0 radical (unpaired) electrons. The highest BCUT2D eigenvalue weighted by molar-refractivity contribution is 8.01. The van der Waals surface area contributed by atoms with Crippen molar-refractivity contribution >= 4 is 59.0 Å². The molecule has 18 nitrogen and oxygen atoms in total. The zero-order valence-electron chi connectivity index (χ0n) is 35.7. The Kier molecular flexibility index (Phi) is 19.5. The lowest BCUT2D eigenvalue weighted by molar-refractivity contribution is -0.137. The van der Waals surface area contributed by atoms with Crippen molar-refractivity contribution in [1.29, 1.82) is 0 Å². The van der Waals surface area contributed by atoms with Gasteiger partial charge in [0.2, 0.25) is 35.4 Å². The minimum absolute atomic E-state index is 0.00578. The third-order valence-electron chi connectivity index (χ3n) is 10.5. The number of hydrogen-bond donors (Lipinski definition) is 10. The maximum atomic E-state index is 13.8. The zero-order valence-corrected chi connectivity index (χ0v) is 37.3. The average molecular weight is 903 g/mol. The van der Waals surface area contributed by atoms with E-state index in [1.165, 1.54) is 33.3 Å². The molecule has 2 aromatic rings. The van der Waals surface area contributed by atoms with Gasteiger partial charge < -0.3 is 51.5 Å². The highest BCUT2D eigenvalue weighted by Crippen LogP contribution is 2.40. The van der Waals surface area contributed by atoms with E-state index in [1.54, 1.807) is 48.5 Å². The van der Waals surface area contributed by atoms with Crippen LogP contribution >= 0.6 is 23.5 Å². The number of benzene rings is 2. The van der Waals surface area contributed by atoms with E-state index in [1.807, 2.05) is 39.8 Å². The smallest absolute Gasteiger partial charge is 0.247 e. The lowest BCUT2D eigenvalue weighted by atomic mass is 10.0. The van der Waals surface area contributed by atoms with Gasteiger partial charge >= 0.3 is 0 Å². The van der Waals surface area contributed by atoms with Crippen molar-refractivity contribution in [2.24, 2.45) is 0 Å². The van der Waals surface area contributed by atoms with E-state index in [-0.39, 0.29) is 78.5 Å². The van der Waals surface area contributed by atoms with Crippen LogP contribution in [0.4, 0.5) is 0 Å². The quantitative estimate of drug-likeness (QED) is 0.0538. The summed E-state index contributed by atoms with van der Waals surface area (Å²) in [6, 6.07) is 14.1. The number of carbonyl (C=O) groups is 6. The van der Waals surface area contributed by atoms with E-state index in [0.717, 1.165) is 11.1 Å². The summed E-state index contributed by atoms with van der Waals surface area (Å²) < 4.78 is -1.53. The number of nitrogens with one attached hydrogen (secondary N) is 6. The summed E-state index contributed by atoms with van der Waals surface area (Å²) in [5.41, 5.74) is 1.48. The number of amides is 6. The fraction of sp³-hybridized carbons (Fsp3) is 0.571. The molecule has 0 bridgehead atoms. The number of hydrogen-bond acceptors (Lipinski definition) is 14. The second-order valence-corrected chi connectivity index (χ2v) is 19.6. The summed E-state index contributed by atoms with van der Waals surface area (Å²) in [6.45, 7) is 5.75. The first-order valence-corrected chi connectivity index (χ1v) is 22.4. The number of carbonyl (C=O) groups excluding carboxylic acids is 6. The summed E-state index contributed by atoms with van der Waals surface area (Å²) in [5, 5.41) is 54.8. The Morgan fingerprint density at radius 2 is 0.903 bits per heavy atom. The van der Waals surface area contributed by atoms with Gasteiger partial charge in [0.1, 0.15) is 24.2 Å². The maximum Gasteiger partial charge on any atom is 0.247 e. The van der Waals surface area contributed by atoms with Crippen molar-refractivity contribution in [3.63, 3.8) is 0 Å². The normalized spacial score (nSPS) is 21.0. The van der Waals surface area contributed by atoms with E-state index < -0.39 is 79.9 Å². The number of rotatable bonds is 23. The van der Waals surface area contributed by atoms with Crippen LogP contribution < -0.4 is 31.9 Å². The number of nitrogens with zero attached hydrogens (tertiary/aromatic N) is 2. The van der Waals surface area contributed by atoms with Gasteiger partial charge in [-0.15, -0.1) is 23.5 Å². The minimum Gasteiger partial charge on any atom is -0.395 e. The third kappa shape index (κ3) is 14.1. The van der Waals surface area contributed by atoms with Crippen molar-refractivity contribution in [2.45, 2.75) is 84.9 Å². The highest BCUT2D eigenvalue weighted by Gasteiger charge is 2.51. The molecule has 6 amide bonds. The molecule has 2 aliphatic heterocycles. The van der Waals surface area contributed by atoms with Crippen LogP contribution in [0.2, 0.25) is 0 Å². The van der Waals surface area contributed by atoms with Gasteiger partial charge in [-0.05, 0) is 38.8 Å². The van der Waals surface area contributed by atoms with Crippen molar-refractivity contribution < 1.29 is 49.2 Å². The zero-order chi connectivity index (χ0) is 45.5.